The zero-order valence-electron chi connectivity index (χ0n) is 20.1. The number of hydrogen-bond acceptors (Lipinski definition) is 8. The fraction of sp³-hybridized carbons (Fsp3) is 0.192. The molecule has 0 bridgehead atoms. The molecule has 1 aliphatic rings. The maximum atomic E-state index is 14.3. The summed E-state index contributed by atoms with van der Waals surface area (Å²) >= 11 is 0. The Morgan fingerprint density at radius 1 is 1.16 bits per heavy atom. The molecule has 4 aromatic rings. The summed E-state index contributed by atoms with van der Waals surface area (Å²) in [7, 11) is 1.51. The van der Waals surface area contributed by atoms with Gasteiger partial charge >= 0.3 is 18.0 Å². The predicted molar refractivity (Wildman–Crippen MR) is 134 cm³/mol. The van der Waals surface area contributed by atoms with Crippen molar-refractivity contribution in [1.82, 2.24) is 24.8 Å². The molecule has 1 aliphatic heterocycles. The third-order valence-corrected chi connectivity index (χ3v) is 5.51. The van der Waals surface area contributed by atoms with Crippen molar-refractivity contribution in [3.8, 4) is 23.3 Å². The van der Waals surface area contributed by atoms with Gasteiger partial charge in [0.05, 0.1) is 30.1 Å². The number of benzene rings is 2. The van der Waals surface area contributed by atoms with Crippen LogP contribution in [0.15, 0.2) is 84.3 Å². The lowest BCUT2D eigenvalue weighted by Crippen LogP contribution is -2.48. The van der Waals surface area contributed by atoms with E-state index in [0.29, 0.717) is 22.8 Å². The number of aromatic nitrogens is 4. The molecule has 0 saturated heterocycles. The number of aliphatic imine (C=N–C) groups is 1. The molecule has 0 fully saturated rings. The number of amides is 1. The standard InChI is InChI=1S/C26H22F2N6O4/c1-36-21-14-29-16-30-23(21)34-20-12-6-5-11-19(20)32-25(34)37-15-17-8-7-13-22(31-17)33-24(35)26(27,28)38-18-9-3-2-4-10-18/h2-12,14,16,22H,13,15H2,1H3,(H,33,35). The Labute approximate surface area is 215 Å². The minimum atomic E-state index is -4.07. The molecular formula is C26H22F2N6O4. The first-order valence-corrected chi connectivity index (χ1v) is 11.6. The van der Waals surface area contributed by atoms with E-state index in [4.69, 9.17) is 9.47 Å². The largest absolute Gasteiger partial charge is 0.491 e. The summed E-state index contributed by atoms with van der Waals surface area (Å²) in [4.78, 5) is 29.4. The molecule has 12 heteroatoms. The predicted octanol–water partition coefficient (Wildman–Crippen LogP) is 3.72. The lowest BCUT2D eigenvalue weighted by atomic mass is 10.2. The number of carbonyl (C=O) groups excluding carboxylic acids is 1. The minimum absolute atomic E-state index is 0.0451. The number of halogens is 2. The summed E-state index contributed by atoms with van der Waals surface area (Å²) in [6.45, 7) is -0.0451. The van der Waals surface area contributed by atoms with Crippen LogP contribution in [0, 0.1) is 0 Å². The van der Waals surface area contributed by atoms with Crippen LogP contribution in [0.5, 0.6) is 17.5 Å². The fourth-order valence-electron chi connectivity index (χ4n) is 3.79. The maximum Gasteiger partial charge on any atom is 0.482 e. The molecule has 3 heterocycles. The smallest absolute Gasteiger partial charge is 0.482 e. The Bertz CT molecular complexity index is 1510. The SMILES string of the molecule is COc1cncnc1-n1c(OCC2=NC(NC(=O)C(F)(F)Oc3ccccc3)CC=C2)nc2ccccc21. The number of alkyl halides is 2. The van der Waals surface area contributed by atoms with E-state index in [1.165, 1.54) is 43.9 Å². The molecule has 1 N–H and O–H groups in total. The van der Waals surface area contributed by atoms with Gasteiger partial charge in [0.2, 0.25) is 0 Å². The Morgan fingerprint density at radius 3 is 2.76 bits per heavy atom. The average molecular weight is 520 g/mol. The molecule has 1 atom stereocenters. The lowest BCUT2D eigenvalue weighted by molar-refractivity contribution is -0.193. The first kappa shape index (κ1) is 24.8. The number of fused-ring (bicyclic) bond motifs is 1. The van der Waals surface area contributed by atoms with Crippen LogP contribution in [0.1, 0.15) is 6.42 Å². The van der Waals surface area contributed by atoms with Crippen LogP contribution < -0.4 is 19.5 Å². The highest BCUT2D eigenvalue weighted by molar-refractivity contribution is 5.97. The van der Waals surface area contributed by atoms with Crippen molar-refractivity contribution >= 4 is 22.7 Å². The number of nitrogens with one attached hydrogen (secondary N) is 1. The van der Waals surface area contributed by atoms with E-state index in [-0.39, 0.29) is 24.8 Å². The van der Waals surface area contributed by atoms with Gasteiger partial charge in [-0.1, -0.05) is 36.4 Å². The summed E-state index contributed by atoms with van der Waals surface area (Å²) in [5.41, 5.74) is 1.81. The van der Waals surface area contributed by atoms with E-state index in [2.05, 4.69) is 30.0 Å². The van der Waals surface area contributed by atoms with Crippen LogP contribution in [-0.2, 0) is 4.79 Å². The van der Waals surface area contributed by atoms with E-state index in [1.54, 1.807) is 22.8 Å². The van der Waals surface area contributed by atoms with Gasteiger partial charge in [-0.05, 0) is 30.3 Å². The van der Waals surface area contributed by atoms with Crippen molar-refractivity contribution in [2.75, 3.05) is 13.7 Å². The van der Waals surface area contributed by atoms with Crippen molar-refractivity contribution in [2.45, 2.75) is 18.7 Å². The van der Waals surface area contributed by atoms with E-state index < -0.39 is 18.2 Å². The van der Waals surface area contributed by atoms with Gasteiger partial charge in [-0.2, -0.15) is 13.8 Å². The van der Waals surface area contributed by atoms with E-state index in [9.17, 15) is 13.6 Å². The van der Waals surface area contributed by atoms with Gasteiger partial charge in [0, 0.05) is 6.42 Å². The van der Waals surface area contributed by atoms with Gasteiger partial charge in [-0.3, -0.25) is 9.79 Å². The number of para-hydroxylation sites is 3. The van der Waals surface area contributed by atoms with Gasteiger partial charge in [-0.25, -0.2) is 14.5 Å². The molecule has 10 nitrogen and oxygen atoms in total. The topological polar surface area (TPSA) is 113 Å². The monoisotopic (exact) mass is 520 g/mol. The van der Waals surface area contributed by atoms with E-state index in [0.717, 1.165) is 5.52 Å². The van der Waals surface area contributed by atoms with Crippen molar-refractivity contribution in [3.63, 3.8) is 0 Å². The zero-order valence-corrected chi connectivity index (χ0v) is 20.1. The maximum absolute atomic E-state index is 14.3. The second-order valence-electron chi connectivity index (χ2n) is 8.10. The highest BCUT2D eigenvalue weighted by atomic mass is 19.3. The molecule has 1 amide bonds. The van der Waals surface area contributed by atoms with Crippen molar-refractivity contribution in [3.05, 3.63) is 79.3 Å². The summed E-state index contributed by atoms with van der Waals surface area (Å²) in [5.74, 6) is -0.879. The summed E-state index contributed by atoms with van der Waals surface area (Å²) in [6, 6.07) is 15.0. The van der Waals surface area contributed by atoms with Crippen LogP contribution >= 0.6 is 0 Å². The zero-order chi connectivity index (χ0) is 26.5. The fourth-order valence-corrected chi connectivity index (χ4v) is 3.79. The average Bonchev–Trinajstić information content (AvgIpc) is 3.30. The molecule has 0 radical (unpaired) electrons. The van der Waals surface area contributed by atoms with Crippen molar-refractivity contribution in [1.29, 1.82) is 0 Å². The number of hydrogen-bond donors (Lipinski definition) is 1. The van der Waals surface area contributed by atoms with Gasteiger partial charge in [0.15, 0.2) is 11.6 Å². The molecule has 194 valence electrons. The van der Waals surface area contributed by atoms with Crippen LogP contribution in [0.2, 0.25) is 0 Å². The highest BCUT2D eigenvalue weighted by Gasteiger charge is 2.43. The Morgan fingerprint density at radius 2 is 1.95 bits per heavy atom. The van der Waals surface area contributed by atoms with Gasteiger partial charge in [0.25, 0.3) is 0 Å². The molecule has 0 aliphatic carbocycles. The number of imidazole rings is 1. The summed E-state index contributed by atoms with van der Waals surface area (Å²) in [5, 5.41) is 2.22. The lowest BCUT2D eigenvalue weighted by Gasteiger charge is -2.22. The number of rotatable bonds is 9. The first-order chi connectivity index (χ1) is 18.4. The molecule has 0 spiro atoms. The van der Waals surface area contributed by atoms with E-state index >= 15 is 0 Å². The van der Waals surface area contributed by atoms with Gasteiger partial charge in [0.1, 0.15) is 24.8 Å². The number of carbonyl (C=O) groups is 1. The number of nitrogens with zero attached hydrogens (tertiary/aromatic N) is 5. The molecule has 0 saturated carbocycles. The number of dihydropyridines is 1. The first-order valence-electron chi connectivity index (χ1n) is 11.6. The van der Waals surface area contributed by atoms with Gasteiger partial charge in [-0.15, -0.1) is 0 Å². The summed E-state index contributed by atoms with van der Waals surface area (Å²) in [6.07, 6.45) is 1.55. The third kappa shape index (κ3) is 5.28. The number of ether oxygens (including phenoxy) is 3. The highest BCUT2D eigenvalue weighted by Crippen LogP contribution is 2.30. The normalized spacial score (nSPS) is 15.1. The second-order valence-corrected chi connectivity index (χ2v) is 8.10. The third-order valence-electron chi connectivity index (χ3n) is 5.51. The Kier molecular flexibility index (Phi) is 6.94. The van der Waals surface area contributed by atoms with Crippen molar-refractivity contribution < 1.29 is 27.8 Å². The Balaban J connectivity index is 1.32. The molecular weight excluding hydrogens is 498 g/mol. The van der Waals surface area contributed by atoms with Crippen LogP contribution in [0.4, 0.5) is 8.78 Å². The molecule has 1 unspecified atom stereocenters. The quantitative estimate of drug-likeness (QED) is 0.358. The summed E-state index contributed by atoms with van der Waals surface area (Å²) < 4.78 is 46.3. The minimum Gasteiger partial charge on any atom is -0.491 e. The Hall–Kier alpha value is -4.87. The van der Waals surface area contributed by atoms with Crippen LogP contribution in [0.25, 0.3) is 16.9 Å². The van der Waals surface area contributed by atoms with Gasteiger partial charge < -0.3 is 19.5 Å². The molecule has 2 aromatic carbocycles. The van der Waals surface area contributed by atoms with Crippen LogP contribution in [-0.4, -0.2) is 57.1 Å². The molecule has 5 rings (SSSR count). The van der Waals surface area contributed by atoms with Crippen molar-refractivity contribution in [2.24, 2.45) is 4.99 Å². The van der Waals surface area contributed by atoms with Crippen LogP contribution in [0.3, 0.4) is 0 Å². The number of methoxy groups -OCH3 is 1. The molecule has 38 heavy (non-hydrogen) atoms. The molecule has 2 aromatic heterocycles. The van der Waals surface area contributed by atoms with E-state index in [1.807, 2.05) is 24.3 Å². The second kappa shape index (κ2) is 10.6.